The van der Waals surface area contributed by atoms with Crippen LogP contribution in [0.25, 0.3) is 0 Å². The average molecular weight is 374 g/mol. The number of amides is 2. The number of carbonyl (C=O) groups excluding carboxylic acids is 2. The molecule has 0 saturated heterocycles. The van der Waals surface area contributed by atoms with Crippen molar-refractivity contribution < 1.29 is 14.3 Å². The molecule has 0 saturated carbocycles. The first kappa shape index (κ1) is 18.3. The van der Waals surface area contributed by atoms with Gasteiger partial charge in [0.25, 0.3) is 0 Å². The number of carbonyl (C=O) groups is 2. The number of nitrogens with zero attached hydrogens (tertiary/aromatic N) is 2. The topological polar surface area (TPSA) is 93.2 Å². The number of anilines is 1. The third-order valence-corrected chi connectivity index (χ3v) is 4.99. The van der Waals surface area contributed by atoms with Crippen LogP contribution in [0.15, 0.2) is 18.3 Å². The fourth-order valence-corrected chi connectivity index (χ4v) is 3.57. The van der Waals surface area contributed by atoms with Crippen molar-refractivity contribution in [3.8, 4) is 5.06 Å². The summed E-state index contributed by atoms with van der Waals surface area (Å²) in [7, 11) is 0. The van der Waals surface area contributed by atoms with E-state index in [4.69, 9.17) is 4.74 Å². The van der Waals surface area contributed by atoms with E-state index < -0.39 is 6.09 Å². The number of aryl methyl sites for hydroxylation is 2. The van der Waals surface area contributed by atoms with E-state index in [1.807, 2.05) is 19.9 Å². The summed E-state index contributed by atoms with van der Waals surface area (Å²) < 4.78 is 5.30. The lowest BCUT2D eigenvalue weighted by Gasteiger charge is -2.24. The quantitative estimate of drug-likeness (QED) is 0.838. The smallest absolute Gasteiger partial charge is 0.399 e. The molecule has 1 aliphatic carbocycles. The molecule has 0 aliphatic heterocycles. The highest BCUT2D eigenvalue weighted by atomic mass is 32.1. The molecular weight excluding hydrogens is 352 g/mol. The molecule has 0 fully saturated rings. The summed E-state index contributed by atoms with van der Waals surface area (Å²) in [5.41, 5.74) is 1.91. The van der Waals surface area contributed by atoms with Crippen LogP contribution < -0.4 is 15.4 Å². The molecule has 2 aromatic rings. The Balaban J connectivity index is 1.55. The van der Waals surface area contributed by atoms with Crippen LogP contribution in [0, 0.1) is 6.92 Å². The van der Waals surface area contributed by atoms with Gasteiger partial charge in [0.2, 0.25) is 11.9 Å². The number of fused-ring (bicyclic) bond motifs is 1. The van der Waals surface area contributed by atoms with E-state index in [0.717, 1.165) is 35.4 Å². The number of ether oxygens (including phenoxy) is 1. The van der Waals surface area contributed by atoms with Crippen LogP contribution in [0.1, 0.15) is 42.3 Å². The van der Waals surface area contributed by atoms with E-state index in [2.05, 4.69) is 20.6 Å². The van der Waals surface area contributed by atoms with Crippen molar-refractivity contribution in [1.82, 2.24) is 15.3 Å². The summed E-state index contributed by atoms with van der Waals surface area (Å²) in [5.74, 6) is 0.274. The zero-order valence-corrected chi connectivity index (χ0v) is 15.7. The fourth-order valence-electron chi connectivity index (χ4n) is 2.86. The second-order valence-electron chi connectivity index (χ2n) is 6.30. The largest absolute Gasteiger partial charge is 0.413 e. The summed E-state index contributed by atoms with van der Waals surface area (Å²) in [5, 5.41) is 6.21. The molecule has 0 aromatic carbocycles. The summed E-state index contributed by atoms with van der Waals surface area (Å²) in [6.07, 6.45) is 4.67. The van der Waals surface area contributed by atoms with Gasteiger partial charge in [-0.3, -0.25) is 10.1 Å². The molecule has 0 radical (unpaired) electrons. The van der Waals surface area contributed by atoms with Gasteiger partial charge in [-0.25, -0.2) is 14.8 Å². The maximum Gasteiger partial charge on any atom is 0.413 e. The number of aromatic nitrogens is 2. The maximum absolute atomic E-state index is 12.0. The van der Waals surface area contributed by atoms with Gasteiger partial charge in [0.15, 0.2) is 5.06 Å². The highest BCUT2D eigenvalue weighted by Crippen LogP contribution is 2.24. The van der Waals surface area contributed by atoms with Gasteiger partial charge in [0.05, 0.1) is 0 Å². The van der Waals surface area contributed by atoms with Gasteiger partial charge in [-0.05, 0) is 50.3 Å². The predicted molar refractivity (Wildman–Crippen MR) is 99.6 cm³/mol. The second-order valence-corrected chi connectivity index (χ2v) is 7.55. The molecule has 0 spiro atoms. The van der Waals surface area contributed by atoms with Gasteiger partial charge in [0.1, 0.15) is 0 Å². The van der Waals surface area contributed by atoms with Crippen molar-refractivity contribution in [1.29, 1.82) is 0 Å². The predicted octanol–water partition coefficient (Wildman–Crippen LogP) is 3.23. The first-order valence-corrected chi connectivity index (χ1v) is 9.54. The second kappa shape index (κ2) is 8.27. The third-order valence-electron chi connectivity index (χ3n) is 4.11. The van der Waals surface area contributed by atoms with E-state index in [1.54, 1.807) is 12.3 Å². The zero-order chi connectivity index (χ0) is 18.5. The van der Waals surface area contributed by atoms with Gasteiger partial charge in [-0.2, -0.15) is 0 Å². The molecule has 2 N–H and O–H groups in total. The summed E-state index contributed by atoms with van der Waals surface area (Å²) in [6, 6.07) is 3.69. The molecule has 0 bridgehead atoms. The lowest BCUT2D eigenvalue weighted by Crippen LogP contribution is -2.40. The monoisotopic (exact) mass is 374 g/mol. The molecule has 1 unspecified atom stereocenters. The molecule has 2 amide bonds. The van der Waals surface area contributed by atoms with E-state index in [9.17, 15) is 9.59 Å². The number of thiophene rings is 1. The van der Waals surface area contributed by atoms with Gasteiger partial charge in [-0.15, -0.1) is 11.3 Å². The Morgan fingerprint density at radius 1 is 1.38 bits per heavy atom. The van der Waals surface area contributed by atoms with Crippen LogP contribution in [0.4, 0.5) is 10.7 Å². The van der Waals surface area contributed by atoms with Crippen molar-refractivity contribution in [2.24, 2.45) is 0 Å². The van der Waals surface area contributed by atoms with Crippen molar-refractivity contribution >= 4 is 29.3 Å². The Morgan fingerprint density at radius 2 is 2.23 bits per heavy atom. The number of hydrogen-bond acceptors (Lipinski definition) is 6. The van der Waals surface area contributed by atoms with Gasteiger partial charge < -0.3 is 10.1 Å². The van der Waals surface area contributed by atoms with Gasteiger partial charge >= 0.3 is 6.09 Å². The van der Waals surface area contributed by atoms with Gasteiger partial charge in [-0.1, -0.05) is 6.92 Å². The lowest BCUT2D eigenvalue weighted by atomic mass is 9.93. The Kier molecular flexibility index (Phi) is 5.82. The molecule has 1 aliphatic rings. The summed E-state index contributed by atoms with van der Waals surface area (Å²) in [6.45, 7) is 3.91. The molecule has 3 rings (SSSR count). The normalized spacial score (nSPS) is 15.8. The van der Waals surface area contributed by atoms with Crippen LogP contribution in [0.2, 0.25) is 0 Å². The van der Waals surface area contributed by atoms with Crippen LogP contribution >= 0.6 is 11.3 Å². The molecule has 138 valence electrons. The number of hydrogen-bond donors (Lipinski definition) is 2. The van der Waals surface area contributed by atoms with Gasteiger partial charge in [0, 0.05) is 29.2 Å². The van der Waals surface area contributed by atoms with E-state index in [0.29, 0.717) is 23.9 Å². The van der Waals surface area contributed by atoms with Crippen LogP contribution in [0.3, 0.4) is 0 Å². The average Bonchev–Trinajstić information content (AvgIpc) is 3.00. The minimum atomic E-state index is -0.440. The Labute approximate surface area is 156 Å². The SMILES string of the molecule is CCCC(=O)Nc1ncc2c(n1)CCC(NC(=O)Oc1ccc(C)s1)C2. The molecule has 8 heteroatoms. The fraction of sp³-hybridized carbons (Fsp3) is 0.444. The first-order chi connectivity index (χ1) is 12.5. The summed E-state index contributed by atoms with van der Waals surface area (Å²) >= 11 is 1.44. The van der Waals surface area contributed by atoms with Crippen molar-refractivity contribution in [2.45, 2.75) is 52.0 Å². The minimum absolute atomic E-state index is 0.0137. The Hall–Kier alpha value is -2.48. The molecule has 1 atom stereocenters. The van der Waals surface area contributed by atoms with Crippen LogP contribution in [0.5, 0.6) is 5.06 Å². The number of nitrogens with one attached hydrogen (secondary N) is 2. The van der Waals surface area contributed by atoms with Crippen LogP contribution in [-0.2, 0) is 17.6 Å². The standard InChI is InChI=1S/C18H22N4O3S/c1-3-4-15(23)22-17-19-10-12-9-13(6-7-14(12)21-17)20-18(24)25-16-8-5-11(2)26-16/h5,8,10,13H,3-4,6-7,9H2,1-2H3,(H,20,24)(H,19,21,22,23). The Bertz CT molecular complexity index is 805. The van der Waals surface area contributed by atoms with E-state index in [-0.39, 0.29) is 11.9 Å². The molecule has 7 nitrogen and oxygen atoms in total. The molecule has 26 heavy (non-hydrogen) atoms. The maximum atomic E-state index is 12.0. The van der Waals surface area contributed by atoms with E-state index in [1.165, 1.54) is 11.3 Å². The van der Waals surface area contributed by atoms with E-state index >= 15 is 0 Å². The van der Waals surface area contributed by atoms with Crippen molar-refractivity contribution in [3.05, 3.63) is 34.5 Å². The molecular formula is C18H22N4O3S. The first-order valence-electron chi connectivity index (χ1n) is 8.73. The zero-order valence-electron chi connectivity index (χ0n) is 14.9. The third kappa shape index (κ3) is 4.78. The molecule has 2 heterocycles. The lowest BCUT2D eigenvalue weighted by molar-refractivity contribution is -0.116. The van der Waals surface area contributed by atoms with Crippen molar-refractivity contribution in [3.63, 3.8) is 0 Å². The van der Waals surface area contributed by atoms with Crippen molar-refractivity contribution in [2.75, 3.05) is 5.32 Å². The minimum Gasteiger partial charge on any atom is -0.399 e. The number of rotatable bonds is 5. The highest BCUT2D eigenvalue weighted by molar-refractivity contribution is 7.13. The molecule has 2 aromatic heterocycles. The van der Waals surface area contributed by atoms with Crippen LogP contribution in [-0.4, -0.2) is 28.0 Å². The Morgan fingerprint density at radius 3 is 2.96 bits per heavy atom. The highest BCUT2D eigenvalue weighted by Gasteiger charge is 2.23. The summed E-state index contributed by atoms with van der Waals surface area (Å²) in [4.78, 5) is 33.4.